The molecule has 6 rings (SSSR count). The zero-order valence-corrected chi connectivity index (χ0v) is 14.4. The minimum atomic E-state index is -0.348. The predicted octanol–water partition coefficient (Wildman–Crippen LogP) is 3.71. The molecule has 1 saturated carbocycles. The molecule has 8 heteroatoms. The fourth-order valence-corrected chi connectivity index (χ4v) is 3.79. The first kappa shape index (κ1) is 15.0. The summed E-state index contributed by atoms with van der Waals surface area (Å²) in [6.07, 6.45) is 4.64. The van der Waals surface area contributed by atoms with Crippen molar-refractivity contribution in [2.45, 2.75) is 31.2 Å². The molecule has 1 atom stereocenters. The van der Waals surface area contributed by atoms with E-state index in [1.54, 1.807) is 24.5 Å². The molecule has 1 aromatic carbocycles. The Balaban J connectivity index is 1.49. The van der Waals surface area contributed by atoms with Crippen LogP contribution in [0.4, 0.5) is 10.4 Å². The number of H-pyrrole nitrogens is 1. The third-order valence-electron chi connectivity index (χ3n) is 5.32. The molecule has 3 aromatic heterocycles. The van der Waals surface area contributed by atoms with E-state index < -0.39 is 0 Å². The Kier molecular flexibility index (Phi) is 3.00. The summed E-state index contributed by atoms with van der Waals surface area (Å²) in [7, 11) is 0. The molecule has 2 aliphatic rings. The molecule has 1 aliphatic carbocycles. The van der Waals surface area contributed by atoms with Gasteiger partial charge in [0.25, 0.3) is 0 Å². The quantitative estimate of drug-likeness (QED) is 0.596. The molecule has 0 saturated heterocycles. The van der Waals surface area contributed by atoms with E-state index in [-0.39, 0.29) is 11.9 Å². The highest BCUT2D eigenvalue weighted by Gasteiger charge is 2.38. The number of aromatic amines is 1. The first-order valence-electron chi connectivity index (χ1n) is 9.08. The molecular weight excluding hydrogens is 349 g/mol. The second-order valence-electron chi connectivity index (χ2n) is 7.11. The van der Waals surface area contributed by atoms with E-state index in [4.69, 9.17) is 8.83 Å². The molecule has 136 valence electrons. The lowest BCUT2D eigenvalue weighted by atomic mass is 10.0. The summed E-state index contributed by atoms with van der Waals surface area (Å²) >= 11 is 0. The Labute approximate surface area is 153 Å². The maximum absolute atomic E-state index is 14.2. The maximum Gasteiger partial charge on any atom is 0.319 e. The zero-order valence-electron chi connectivity index (χ0n) is 14.4. The summed E-state index contributed by atoms with van der Waals surface area (Å²) in [5.41, 5.74) is 2.39. The first-order chi connectivity index (χ1) is 13.3. The topological polar surface area (TPSA) is 84.0 Å². The van der Waals surface area contributed by atoms with Gasteiger partial charge in [-0.2, -0.15) is 0 Å². The fraction of sp³-hybridized carbons (Fsp3) is 0.316. The monoisotopic (exact) mass is 365 g/mol. The number of nitrogens with one attached hydrogen (secondary N) is 1. The highest BCUT2D eigenvalue weighted by atomic mass is 19.1. The Hall–Kier alpha value is -3.16. The van der Waals surface area contributed by atoms with Crippen molar-refractivity contribution in [3.8, 4) is 0 Å². The van der Waals surface area contributed by atoms with Crippen molar-refractivity contribution in [3.05, 3.63) is 59.4 Å². The van der Waals surface area contributed by atoms with Crippen LogP contribution in [0.25, 0.3) is 11.0 Å². The van der Waals surface area contributed by atoms with Gasteiger partial charge < -0.3 is 18.7 Å². The van der Waals surface area contributed by atoms with E-state index in [2.05, 4.69) is 20.2 Å². The first-order valence-corrected chi connectivity index (χ1v) is 9.08. The Bertz CT molecular complexity index is 1140. The van der Waals surface area contributed by atoms with Crippen molar-refractivity contribution in [1.82, 2.24) is 20.2 Å². The summed E-state index contributed by atoms with van der Waals surface area (Å²) < 4.78 is 26.1. The van der Waals surface area contributed by atoms with Gasteiger partial charge in [0.15, 0.2) is 0 Å². The largest absolute Gasteiger partial charge is 0.458 e. The molecule has 7 nitrogen and oxygen atoms in total. The van der Waals surface area contributed by atoms with E-state index in [0.29, 0.717) is 41.1 Å². The smallest absolute Gasteiger partial charge is 0.319 e. The number of halogens is 1. The lowest BCUT2D eigenvalue weighted by Gasteiger charge is -2.32. The zero-order chi connectivity index (χ0) is 18.0. The lowest BCUT2D eigenvalue weighted by Crippen LogP contribution is -2.36. The Morgan fingerprint density at radius 1 is 1.19 bits per heavy atom. The van der Waals surface area contributed by atoms with Crippen molar-refractivity contribution in [1.29, 1.82) is 0 Å². The number of furan rings is 1. The second kappa shape index (κ2) is 5.42. The van der Waals surface area contributed by atoms with Gasteiger partial charge in [0.05, 0.1) is 17.4 Å². The van der Waals surface area contributed by atoms with Gasteiger partial charge in [-0.25, -0.2) is 9.37 Å². The average Bonchev–Trinajstić information content (AvgIpc) is 3.11. The molecule has 27 heavy (non-hydrogen) atoms. The third-order valence-corrected chi connectivity index (χ3v) is 5.32. The highest BCUT2D eigenvalue weighted by molar-refractivity contribution is 5.79. The fourth-order valence-electron chi connectivity index (χ4n) is 3.79. The van der Waals surface area contributed by atoms with E-state index in [0.717, 1.165) is 30.7 Å². The molecule has 0 spiro atoms. The molecule has 0 unspecified atom stereocenters. The van der Waals surface area contributed by atoms with Crippen molar-refractivity contribution >= 4 is 17.0 Å². The van der Waals surface area contributed by atoms with Gasteiger partial charge in [-0.1, -0.05) is 11.2 Å². The molecule has 4 heterocycles. The molecule has 1 N–H and O–H groups in total. The molecule has 0 radical (unpaired) electrons. The Morgan fingerprint density at radius 2 is 2.11 bits per heavy atom. The van der Waals surface area contributed by atoms with Crippen molar-refractivity contribution in [2.75, 3.05) is 11.4 Å². The van der Waals surface area contributed by atoms with Gasteiger partial charge in [-0.05, 0) is 31.0 Å². The van der Waals surface area contributed by atoms with Gasteiger partial charge in [0.2, 0.25) is 5.89 Å². The summed E-state index contributed by atoms with van der Waals surface area (Å²) in [6.45, 7) is 0.672. The second-order valence-corrected chi connectivity index (χ2v) is 7.11. The highest BCUT2D eigenvalue weighted by Crippen LogP contribution is 2.42. The number of hydrogen-bond donors (Lipinski definition) is 1. The standard InChI is InChI=1S/C19H16FN5O2/c20-12-2-1-3-14-11(12)8-15(26-14)17-16-13(21-9-22-16)6-7-25(17)19-24-23-18(27-19)10-4-5-10/h1-3,8-10,17H,4-7H2,(H,21,22)/t17-/m1/s1. The van der Waals surface area contributed by atoms with E-state index in [1.807, 2.05) is 4.90 Å². The van der Waals surface area contributed by atoms with Crippen molar-refractivity contribution < 1.29 is 13.2 Å². The molecule has 0 amide bonds. The number of anilines is 1. The number of imidazole rings is 1. The Morgan fingerprint density at radius 3 is 2.96 bits per heavy atom. The molecule has 1 aliphatic heterocycles. The average molecular weight is 365 g/mol. The van der Waals surface area contributed by atoms with E-state index >= 15 is 0 Å². The van der Waals surface area contributed by atoms with Crippen LogP contribution in [0.15, 0.2) is 39.4 Å². The van der Waals surface area contributed by atoms with Crippen LogP contribution in [0, 0.1) is 5.82 Å². The van der Waals surface area contributed by atoms with Crippen LogP contribution in [0.1, 0.15) is 47.8 Å². The van der Waals surface area contributed by atoms with Crippen LogP contribution in [0.3, 0.4) is 0 Å². The van der Waals surface area contributed by atoms with Crippen LogP contribution >= 0.6 is 0 Å². The van der Waals surface area contributed by atoms with Gasteiger partial charge in [0.1, 0.15) is 23.2 Å². The summed E-state index contributed by atoms with van der Waals surface area (Å²) in [5, 5.41) is 8.92. The van der Waals surface area contributed by atoms with Gasteiger partial charge >= 0.3 is 6.01 Å². The molecule has 1 fully saturated rings. The molecular formula is C19H16FN5O2. The van der Waals surface area contributed by atoms with E-state index in [9.17, 15) is 4.39 Å². The summed E-state index contributed by atoms with van der Waals surface area (Å²) in [4.78, 5) is 9.68. The van der Waals surface area contributed by atoms with Crippen LogP contribution in [-0.2, 0) is 6.42 Å². The van der Waals surface area contributed by atoms with E-state index in [1.165, 1.54) is 6.07 Å². The summed E-state index contributed by atoms with van der Waals surface area (Å²) in [6, 6.07) is 6.68. The molecule has 4 aromatic rings. The number of hydrogen-bond acceptors (Lipinski definition) is 6. The van der Waals surface area contributed by atoms with Crippen molar-refractivity contribution in [2.24, 2.45) is 0 Å². The van der Waals surface area contributed by atoms with Gasteiger partial charge in [-0.15, -0.1) is 5.10 Å². The van der Waals surface area contributed by atoms with Crippen LogP contribution in [0.2, 0.25) is 0 Å². The SMILES string of the molecule is Fc1cccc2oc([C@@H]3c4nc[nH]c4CCN3c3nnc(C4CC4)o3)cc12. The number of aromatic nitrogens is 4. The third kappa shape index (κ3) is 2.29. The van der Waals surface area contributed by atoms with Gasteiger partial charge in [-0.3, -0.25) is 0 Å². The molecule has 0 bridgehead atoms. The number of rotatable bonds is 3. The van der Waals surface area contributed by atoms with Crippen LogP contribution in [0.5, 0.6) is 0 Å². The normalized spacial score (nSPS) is 19.6. The maximum atomic E-state index is 14.2. The predicted molar refractivity (Wildman–Crippen MR) is 93.9 cm³/mol. The lowest BCUT2D eigenvalue weighted by molar-refractivity contribution is 0.435. The minimum Gasteiger partial charge on any atom is -0.458 e. The number of nitrogens with zero attached hydrogens (tertiary/aromatic N) is 4. The number of benzene rings is 1. The summed E-state index contributed by atoms with van der Waals surface area (Å²) in [5.74, 6) is 1.37. The van der Waals surface area contributed by atoms with Crippen molar-refractivity contribution in [3.63, 3.8) is 0 Å². The minimum absolute atomic E-state index is 0.305. The van der Waals surface area contributed by atoms with Crippen LogP contribution < -0.4 is 4.90 Å². The van der Waals surface area contributed by atoms with Crippen LogP contribution in [-0.4, -0.2) is 26.7 Å². The number of fused-ring (bicyclic) bond motifs is 2. The van der Waals surface area contributed by atoms with Gasteiger partial charge in [0, 0.05) is 24.6 Å².